The molecule has 118 valence electrons. The fourth-order valence-electron chi connectivity index (χ4n) is 3.13. The Bertz CT molecular complexity index is 431. The Morgan fingerprint density at radius 2 is 2.05 bits per heavy atom. The Morgan fingerprint density at radius 1 is 1.33 bits per heavy atom. The summed E-state index contributed by atoms with van der Waals surface area (Å²) in [7, 11) is 0. The zero-order chi connectivity index (χ0) is 15.2. The lowest BCUT2D eigenvalue weighted by atomic mass is 10.0. The predicted octanol–water partition coefficient (Wildman–Crippen LogP) is 2.98. The van der Waals surface area contributed by atoms with Crippen molar-refractivity contribution in [3.8, 4) is 0 Å². The van der Waals surface area contributed by atoms with Crippen molar-refractivity contribution in [3.63, 3.8) is 0 Å². The first kappa shape index (κ1) is 16.4. The number of nitrogens with one attached hydrogen (secondary N) is 1. The number of hydrogen-bond acceptors (Lipinski definition) is 3. The smallest absolute Gasteiger partial charge is 0.123 e. The van der Waals surface area contributed by atoms with E-state index in [4.69, 9.17) is 4.74 Å². The van der Waals surface area contributed by atoms with Gasteiger partial charge in [-0.2, -0.15) is 0 Å². The van der Waals surface area contributed by atoms with Crippen LogP contribution in [0.3, 0.4) is 0 Å². The number of morpholine rings is 1. The molecule has 1 aliphatic rings. The summed E-state index contributed by atoms with van der Waals surface area (Å²) in [6, 6.07) is 7.13. The summed E-state index contributed by atoms with van der Waals surface area (Å²) in [5.74, 6) is -0.163. The number of hydrogen-bond donors (Lipinski definition) is 1. The average Bonchev–Trinajstić information content (AvgIpc) is 2.42. The van der Waals surface area contributed by atoms with Gasteiger partial charge in [-0.05, 0) is 44.5 Å². The molecule has 2 rings (SSSR count). The Labute approximate surface area is 127 Å². The Morgan fingerprint density at radius 3 is 2.67 bits per heavy atom. The Kier molecular flexibility index (Phi) is 6.15. The molecule has 3 nitrogen and oxygen atoms in total. The van der Waals surface area contributed by atoms with Gasteiger partial charge in [-0.1, -0.05) is 19.1 Å². The third-order valence-corrected chi connectivity index (χ3v) is 3.93. The highest BCUT2D eigenvalue weighted by molar-refractivity contribution is 5.20. The minimum atomic E-state index is -0.163. The summed E-state index contributed by atoms with van der Waals surface area (Å²) < 4.78 is 19.2. The van der Waals surface area contributed by atoms with Gasteiger partial charge in [0.15, 0.2) is 0 Å². The fraction of sp³-hybridized carbons (Fsp3) is 0.647. The van der Waals surface area contributed by atoms with E-state index in [1.54, 1.807) is 12.1 Å². The summed E-state index contributed by atoms with van der Waals surface area (Å²) in [5.41, 5.74) is 1.03. The molecule has 4 heteroatoms. The van der Waals surface area contributed by atoms with Gasteiger partial charge in [-0.25, -0.2) is 4.39 Å². The Hall–Kier alpha value is -0.970. The second kappa shape index (κ2) is 7.87. The molecule has 0 radical (unpaired) electrons. The zero-order valence-electron chi connectivity index (χ0n) is 13.3. The van der Waals surface area contributed by atoms with E-state index in [2.05, 4.69) is 31.0 Å². The molecule has 1 heterocycles. The van der Waals surface area contributed by atoms with Crippen LogP contribution in [0.25, 0.3) is 0 Å². The number of rotatable bonds is 6. The van der Waals surface area contributed by atoms with E-state index >= 15 is 0 Å². The molecule has 0 aliphatic carbocycles. The number of halogens is 1. The van der Waals surface area contributed by atoms with Crippen LogP contribution < -0.4 is 5.32 Å². The minimum absolute atomic E-state index is 0.163. The van der Waals surface area contributed by atoms with Crippen LogP contribution >= 0.6 is 0 Å². The molecule has 0 bridgehead atoms. The number of ether oxygens (including phenoxy) is 1. The Balaban J connectivity index is 1.94. The maximum atomic E-state index is 13.4. The van der Waals surface area contributed by atoms with Crippen molar-refractivity contribution in [3.05, 3.63) is 35.6 Å². The molecule has 3 unspecified atom stereocenters. The molecule has 1 aliphatic heterocycles. The largest absolute Gasteiger partial charge is 0.373 e. The molecule has 1 saturated heterocycles. The lowest BCUT2D eigenvalue weighted by molar-refractivity contribution is -0.0685. The molecule has 1 aromatic rings. The first-order valence-electron chi connectivity index (χ1n) is 7.95. The van der Waals surface area contributed by atoms with E-state index in [1.165, 1.54) is 6.07 Å². The zero-order valence-corrected chi connectivity index (χ0v) is 13.3. The van der Waals surface area contributed by atoms with Crippen LogP contribution in [0.2, 0.25) is 0 Å². The molecule has 3 atom stereocenters. The molecule has 1 aromatic carbocycles. The van der Waals surface area contributed by atoms with Crippen LogP contribution in [0.1, 0.15) is 38.8 Å². The second-order valence-corrected chi connectivity index (χ2v) is 5.97. The fourth-order valence-corrected chi connectivity index (χ4v) is 3.13. The molecular formula is C17H27FN2O. The molecule has 1 fully saturated rings. The van der Waals surface area contributed by atoms with Crippen LogP contribution in [0, 0.1) is 5.82 Å². The normalized spacial score (nSPS) is 25.0. The highest BCUT2D eigenvalue weighted by Gasteiger charge is 2.22. The van der Waals surface area contributed by atoms with Gasteiger partial charge in [-0.3, -0.25) is 4.90 Å². The molecule has 0 spiro atoms. The van der Waals surface area contributed by atoms with Crippen molar-refractivity contribution in [1.29, 1.82) is 0 Å². The van der Waals surface area contributed by atoms with Crippen LogP contribution in [0.4, 0.5) is 4.39 Å². The lowest BCUT2D eigenvalue weighted by Gasteiger charge is -2.36. The third kappa shape index (κ3) is 5.06. The molecule has 0 saturated carbocycles. The average molecular weight is 294 g/mol. The van der Waals surface area contributed by atoms with Crippen molar-refractivity contribution in [1.82, 2.24) is 10.2 Å². The topological polar surface area (TPSA) is 24.5 Å². The number of benzene rings is 1. The molecule has 21 heavy (non-hydrogen) atoms. The van der Waals surface area contributed by atoms with Crippen molar-refractivity contribution in [2.75, 3.05) is 26.2 Å². The van der Waals surface area contributed by atoms with E-state index in [0.717, 1.165) is 38.2 Å². The minimum Gasteiger partial charge on any atom is -0.373 e. The summed E-state index contributed by atoms with van der Waals surface area (Å²) >= 11 is 0. The van der Waals surface area contributed by atoms with Gasteiger partial charge < -0.3 is 10.1 Å². The van der Waals surface area contributed by atoms with Gasteiger partial charge in [0, 0.05) is 25.7 Å². The first-order chi connectivity index (χ1) is 10.1. The van der Waals surface area contributed by atoms with Gasteiger partial charge in [0.1, 0.15) is 5.82 Å². The van der Waals surface area contributed by atoms with E-state index < -0.39 is 0 Å². The van der Waals surface area contributed by atoms with Crippen molar-refractivity contribution in [2.24, 2.45) is 0 Å². The van der Waals surface area contributed by atoms with Crippen LogP contribution in [-0.2, 0) is 4.74 Å². The lowest BCUT2D eigenvalue weighted by Crippen LogP contribution is -2.46. The maximum absolute atomic E-state index is 13.4. The summed E-state index contributed by atoms with van der Waals surface area (Å²) in [6.07, 6.45) is 1.57. The third-order valence-electron chi connectivity index (χ3n) is 3.93. The summed E-state index contributed by atoms with van der Waals surface area (Å²) in [5, 5.41) is 3.46. The molecule has 1 N–H and O–H groups in total. The van der Waals surface area contributed by atoms with Gasteiger partial charge in [0.2, 0.25) is 0 Å². The van der Waals surface area contributed by atoms with Gasteiger partial charge in [0.25, 0.3) is 0 Å². The molecular weight excluding hydrogens is 267 g/mol. The van der Waals surface area contributed by atoms with Crippen molar-refractivity contribution in [2.45, 2.75) is 45.4 Å². The monoisotopic (exact) mass is 294 g/mol. The summed E-state index contributed by atoms with van der Waals surface area (Å²) in [4.78, 5) is 2.45. The van der Waals surface area contributed by atoms with Crippen LogP contribution in [-0.4, -0.2) is 43.3 Å². The van der Waals surface area contributed by atoms with E-state index in [-0.39, 0.29) is 11.9 Å². The highest BCUT2D eigenvalue weighted by atomic mass is 19.1. The first-order valence-corrected chi connectivity index (χ1v) is 7.95. The van der Waals surface area contributed by atoms with E-state index in [1.807, 2.05) is 6.07 Å². The second-order valence-electron chi connectivity index (χ2n) is 5.97. The van der Waals surface area contributed by atoms with Crippen molar-refractivity contribution < 1.29 is 9.13 Å². The van der Waals surface area contributed by atoms with Gasteiger partial charge in [0.05, 0.1) is 12.2 Å². The molecule has 0 amide bonds. The van der Waals surface area contributed by atoms with Gasteiger partial charge in [-0.15, -0.1) is 0 Å². The standard InChI is InChI=1S/C17H27FN2O/c1-4-19-17(15-6-5-7-16(18)10-15)8-9-20-11-13(2)21-14(3)12-20/h5-7,10,13-14,17,19H,4,8-9,11-12H2,1-3H3. The van der Waals surface area contributed by atoms with E-state index in [9.17, 15) is 4.39 Å². The van der Waals surface area contributed by atoms with E-state index in [0.29, 0.717) is 12.2 Å². The quantitative estimate of drug-likeness (QED) is 0.873. The predicted molar refractivity (Wildman–Crippen MR) is 83.9 cm³/mol. The van der Waals surface area contributed by atoms with Crippen molar-refractivity contribution >= 4 is 0 Å². The number of nitrogens with zero attached hydrogens (tertiary/aromatic N) is 1. The maximum Gasteiger partial charge on any atom is 0.123 e. The highest BCUT2D eigenvalue weighted by Crippen LogP contribution is 2.19. The molecule has 0 aromatic heterocycles. The van der Waals surface area contributed by atoms with Crippen LogP contribution in [0.15, 0.2) is 24.3 Å². The van der Waals surface area contributed by atoms with Gasteiger partial charge >= 0.3 is 0 Å². The van der Waals surface area contributed by atoms with Crippen LogP contribution in [0.5, 0.6) is 0 Å². The SMILES string of the molecule is CCNC(CCN1CC(C)OC(C)C1)c1cccc(F)c1. The summed E-state index contributed by atoms with van der Waals surface area (Å²) in [6.45, 7) is 10.2.